The van der Waals surface area contributed by atoms with Crippen LogP contribution < -0.4 is 0 Å². The number of rotatable bonds is 1. The van der Waals surface area contributed by atoms with E-state index in [-0.39, 0.29) is 6.03 Å². The Bertz CT molecular complexity index is 337. The molecule has 2 rings (SSSR count). The molecule has 2 fully saturated rings. The standard InChI is InChI=1S/C12H20N2O3S/c1-9-3-2-5-13(6-4-9)12(17)14-8-18-7-10(14)11(15)16/h9-10H,2-8H2,1H3,(H,15,16). The van der Waals surface area contributed by atoms with Gasteiger partial charge in [-0.2, -0.15) is 0 Å². The number of amides is 2. The van der Waals surface area contributed by atoms with Gasteiger partial charge >= 0.3 is 12.0 Å². The molecule has 2 atom stereocenters. The molecular weight excluding hydrogens is 252 g/mol. The van der Waals surface area contributed by atoms with Crippen LogP contribution in [0.3, 0.4) is 0 Å². The van der Waals surface area contributed by atoms with Crippen LogP contribution in [-0.4, -0.2) is 57.7 Å². The summed E-state index contributed by atoms with van der Waals surface area (Å²) < 4.78 is 0. The van der Waals surface area contributed by atoms with Crippen LogP contribution in [-0.2, 0) is 4.79 Å². The quantitative estimate of drug-likeness (QED) is 0.789. The first kappa shape index (κ1) is 13.5. The second-order valence-corrected chi connectivity index (χ2v) is 6.13. The molecule has 2 aliphatic heterocycles. The summed E-state index contributed by atoms with van der Waals surface area (Å²) in [5.41, 5.74) is 0. The number of carbonyl (C=O) groups is 2. The minimum atomic E-state index is -0.892. The van der Waals surface area contributed by atoms with E-state index in [0.29, 0.717) is 17.5 Å². The van der Waals surface area contributed by atoms with Crippen LogP contribution in [0.4, 0.5) is 4.79 Å². The highest BCUT2D eigenvalue weighted by atomic mass is 32.2. The van der Waals surface area contributed by atoms with Gasteiger partial charge in [-0.3, -0.25) is 0 Å². The van der Waals surface area contributed by atoms with Crippen molar-refractivity contribution in [1.29, 1.82) is 0 Å². The number of carboxylic acids is 1. The Kier molecular flexibility index (Phi) is 4.37. The van der Waals surface area contributed by atoms with E-state index < -0.39 is 12.0 Å². The number of thioether (sulfide) groups is 1. The molecule has 2 saturated heterocycles. The van der Waals surface area contributed by atoms with Gasteiger partial charge in [0.2, 0.25) is 0 Å². The lowest BCUT2D eigenvalue weighted by atomic mass is 10.0. The van der Waals surface area contributed by atoms with Gasteiger partial charge in [-0.15, -0.1) is 11.8 Å². The van der Waals surface area contributed by atoms with Crippen molar-refractivity contribution in [3.63, 3.8) is 0 Å². The molecule has 0 aromatic heterocycles. The van der Waals surface area contributed by atoms with Crippen molar-refractivity contribution < 1.29 is 14.7 Å². The average Bonchev–Trinajstić information content (AvgIpc) is 2.72. The maximum atomic E-state index is 12.3. The fraction of sp³-hybridized carbons (Fsp3) is 0.833. The summed E-state index contributed by atoms with van der Waals surface area (Å²) in [6.45, 7) is 3.73. The first-order valence-electron chi connectivity index (χ1n) is 6.45. The third-order valence-corrected chi connectivity index (χ3v) is 4.71. The third kappa shape index (κ3) is 2.91. The lowest BCUT2D eigenvalue weighted by Crippen LogP contribution is -2.49. The summed E-state index contributed by atoms with van der Waals surface area (Å²) in [6, 6.07) is -0.746. The van der Waals surface area contributed by atoms with Gasteiger partial charge in [0.05, 0.1) is 5.88 Å². The van der Waals surface area contributed by atoms with E-state index >= 15 is 0 Å². The van der Waals surface area contributed by atoms with Crippen LogP contribution in [0.5, 0.6) is 0 Å². The largest absolute Gasteiger partial charge is 0.480 e. The van der Waals surface area contributed by atoms with Crippen molar-refractivity contribution in [1.82, 2.24) is 9.80 Å². The number of nitrogens with zero attached hydrogens (tertiary/aromatic N) is 2. The zero-order valence-corrected chi connectivity index (χ0v) is 11.5. The van der Waals surface area contributed by atoms with Crippen molar-refractivity contribution in [2.24, 2.45) is 5.92 Å². The second-order valence-electron chi connectivity index (χ2n) is 5.13. The molecule has 2 amide bonds. The molecular formula is C12H20N2O3S. The Morgan fingerprint density at radius 2 is 2.06 bits per heavy atom. The monoisotopic (exact) mass is 272 g/mol. The van der Waals surface area contributed by atoms with Crippen molar-refractivity contribution >= 4 is 23.8 Å². The summed E-state index contributed by atoms with van der Waals surface area (Å²) in [7, 11) is 0. The van der Waals surface area contributed by atoms with Crippen molar-refractivity contribution in [2.45, 2.75) is 32.2 Å². The highest BCUT2D eigenvalue weighted by Crippen LogP contribution is 2.24. The minimum Gasteiger partial charge on any atom is -0.480 e. The Balaban J connectivity index is 1.99. The van der Waals surface area contributed by atoms with Gasteiger partial charge in [0.1, 0.15) is 6.04 Å². The Labute approximate surface area is 112 Å². The molecule has 0 spiro atoms. The van der Waals surface area contributed by atoms with Gasteiger partial charge in [-0.25, -0.2) is 9.59 Å². The van der Waals surface area contributed by atoms with Gasteiger partial charge in [-0.05, 0) is 25.2 Å². The van der Waals surface area contributed by atoms with Crippen LogP contribution >= 0.6 is 11.8 Å². The lowest BCUT2D eigenvalue weighted by molar-refractivity contribution is -0.140. The fourth-order valence-corrected chi connectivity index (χ4v) is 3.61. The molecule has 1 N–H and O–H groups in total. The second kappa shape index (κ2) is 5.82. The highest BCUT2D eigenvalue weighted by Gasteiger charge is 2.36. The zero-order valence-electron chi connectivity index (χ0n) is 10.7. The number of carboxylic acid groups (broad SMARTS) is 1. The Morgan fingerprint density at radius 3 is 2.78 bits per heavy atom. The minimum absolute atomic E-state index is 0.0958. The molecule has 0 aromatic carbocycles. The SMILES string of the molecule is CC1CCCN(C(=O)N2CSCC2C(=O)O)CC1. The van der Waals surface area contributed by atoms with E-state index in [1.165, 1.54) is 16.7 Å². The molecule has 0 aromatic rings. The first-order valence-corrected chi connectivity index (χ1v) is 7.61. The Morgan fingerprint density at radius 1 is 1.28 bits per heavy atom. The molecule has 0 radical (unpaired) electrons. The molecule has 2 unspecified atom stereocenters. The van der Waals surface area contributed by atoms with Crippen LogP contribution in [0.2, 0.25) is 0 Å². The first-order chi connectivity index (χ1) is 8.59. The number of urea groups is 1. The van der Waals surface area contributed by atoms with Crippen molar-refractivity contribution in [3.8, 4) is 0 Å². The van der Waals surface area contributed by atoms with E-state index in [0.717, 1.165) is 32.4 Å². The van der Waals surface area contributed by atoms with Crippen LogP contribution in [0.1, 0.15) is 26.2 Å². The summed E-state index contributed by atoms with van der Waals surface area (Å²) in [5.74, 6) is 0.773. The van der Waals surface area contributed by atoms with Crippen LogP contribution in [0.15, 0.2) is 0 Å². The number of carbonyl (C=O) groups excluding carboxylic acids is 1. The van der Waals surface area contributed by atoms with E-state index in [1.807, 2.05) is 4.90 Å². The number of likely N-dealkylation sites (tertiary alicyclic amines) is 1. The number of aliphatic carboxylic acids is 1. The highest BCUT2D eigenvalue weighted by molar-refractivity contribution is 7.99. The molecule has 102 valence electrons. The van der Waals surface area contributed by atoms with Crippen molar-refractivity contribution in [2.75, 3.05) is 24.7 Å². The van der Waals surface area contributed by atoms with Crippen LogP contribution in [0.25, 0.3) is 0 Å². The maximum absolute atomic E-state index is 12.3. The van der Waals surface area contributed by atoms with Gasteiger partial charge in [0.15, 0.2) is 0 Å². The van der Waals surface area contributed by atoms with Gasteiger partial charge in [0, 0.05) is 18.8 Å². The Hall–Kier alpha value is -0.910. The van der Waals surface area contributed by atoms with E-state index in [2.05, 4.69) is 6.92 Å². The molecule has 2 aliphatic rings. The van der Waals surface area contributed by atoms with E-state index in [1.54, 1.807) is 0 Å². The van der Waals surface area contributed by atoms with E-state index in [4.69, 9.17) is 5.11 Å². The van der Waals surface area contributed by atoms with Crippen molar-refractivity contribution in [3.05, 3.63) is 0 Å². The van der Waals surface area contributed by atoms with Gasteiger partial charge < -0.3 is 14.9 Å². The third-order valence-electron chi connectivity index (χ3n) is 3.70. The summed E-state index contributed by atoms with van der Waals surface area (Å²) in [4.78, 5) is 26.8. The predicted molar refractivity (Wildman–Crippen MR) is 70.6 cm³/mol. The summed E-state index contributed by atoms with van der Waals surface area (Å²) in [6.07, 6.45) is 3.19. The molecule has 0 aliphatic carbocycles. The lowest BCUT2D eigenvalue weighted by Gasteiger charge is -2.28. The molecule has 18 heavy (non-hydrogen) atoms. The van der Waals surface area contributed by atoms with Gasteiger partial charge in [0.25, 0.3) is 0 Å². The number of hydrogen-bond donors (Lipinski definition) is 1. The number of hydrogen-bond acceptors (Lipinski definition) is 3. The summed E-state index contributed by atoms with van der Waals surface area (Å²) in [5, 5.41) is 9.10. The van der Waals surface area contributed by atoms with Crippen LogP contribution in [0, 0.1) is 5.92 Å². The van der Waals surface area contributed by atoms with E-state index in [9.17, 15) is 9.59 Å². The molecule has 0 bridgehead atoms. The molecule has 2 heterocycles. The maximum Gasteiger partial charge on any atom is 0.327 e. The smallest absolute Gasteiger partial charge is 0.327 e. The normalized spacial score (nSPS) is 29.2. The summed E-state index contributed by atoms with van der Waals surface area (Å²) >= 11 is 1.51. The topological polar surface area (TPSA) is 60.9 Å². The molecule has 5 nitrogen and oxygen atoms in total. The predicted octanol–water partition coefficient (Wildman–Crippen LogP) is 1.69. The fourth-order valence-electron chi connectivity index (χ4n) is 2.47. The molecule has 0 saturated carbocycles. The molecule has 6 heteroatoms. The average molecular weight is 272 g/mol. The zero-order chi connectivity index (χ0) is 13.1. The van der Waals surface area contributed by atoms with Gasteiger partial charge in [-0.1, -0.05) is 6.92 Å².